The molecule has 2 saturated carbocycles. The summed E-state index contributed by atoms with van der Waals surface area (Å²) in [6.07, 6.45) is 4.20. The Morgan fingerprint density at radius 2 is 2.00 bits per heavy atom. The summed E-state index contributed by atoms with van der Waals surface area (Å²) >= 11 is 0. The van der Waals surface area contributed by atoms with E-state index in [0.29, 0.717) is 6.04 Å². The van der Waals surface area contributed by atoms with Crippen molar-refractivity contribution in [3.05, 3.63) is 0 Å². The van der Waals surface area contributed by atoms with E-state index in [2.05, 4.69) is 6.92 Å². The molecule has 9 heavy (non-hydrogen) atoms. The van der Waals surface area contributed by atoms with Gasteiger partial charge in [0.2, 0.25) is 0 Å². The van der Waals surface area contributed by atoms with E-state index in [4.69, 9.17) is 5.73 Å². The normalized spacial score (nSPS) is 50.7. The van der Waals surface area contributed by atoms with E-state index in [9.17, 15) is 0 Å². The second kappa shape index (κ2) is 1.72. The van der Waals surface area contributed by atoms with Gasteiger partial charge in [-0.25, -0.2) is 0 Å². The maximum atomic E-state index is 5.85. The van der Waals surface area contributed by atoms with E-state index >= 15 is 0 Å². The summed E-state index contributed by atoms with van der Waals surface area (Å²) in [4.78, 5) is 0. The highest BCUT2D eigenvalue weighted by Crippen LogP contribution is 2.49. The molecule has 2 aliphatic rings. The van der Waals surface area contributed by atoms with Gasteiger partial charge in [0.1, 0.15) is 0 Å². The molecule has 0 aromatic carbocycles. The quantitative estimate of drug-likeness (QED) is 0.563. The summed E-state index contributed by atoms with van der Waals surface area (Å²) in [6, 6.07) is 0.562. The Hall–Kier alpha value is -0.0400. The summed E-state index contributed by atoms with van der Waals surface area (Å²) < 4.78 is 0. The molecule has 2 fully saturated rings. The molecule has 3 unspecified atom stereocenters. The van der Waals surface area contributed by atoms with Crippen LogP contribution in [0.15, 0.2) is 0 Å². The lowest BCUT2D eigenvalue weighted by molar-refractivity contribution is 0.128. The van der Waals surface area contributed by atoms with Crippen molar-refractivity contribution in [3.8, 4) is 0 Å². The van der Waals surface area contributed by atoms with E-state index in [0.717, 1.165) is 17.8 Å². The van der Waals surface area contributed by atoms with Crippen LogP contribution in [-0.2, 0) is 0 Å². The number of hydrogen-bond donors (Lipinski definition) is 1. The number of hydrogen-bond acceptors (Lipinski definition) is 1. The molecule has 0 heterocycles. The summed E-state index contributed by atoms with van der Waals surface area (Å²) in [5, 5.41) is 0. The first-order valence-electron chi connectivity index (χ1n) is 4.04. The van der Waals surface area contributed by atoms with E-state index in [1.54, 1.807) is 0 Å². The van der Waals surface area contributed by atoms with Gasteiger partial charge in [-0.1, -0.05) is 6.92 Å². The minimum atomic E-state index is 0.562. The number of rotatable bonds is 1. The highest BCUT2D eigenvalue weighted by atomic mass is 14.7. The van der Waals surface area contributed by atoms with Crippen molar-refractivity contribution in [1.82, 2.24) is 0 Å². The minimum absolute atomic E-state index is 0.562. The summed E-state index contributed by atoms with van der Waals surface area (Å²) in [6.45, 7) is 2.34. The Balaban J connectivity index is 1.93. The zero-order valence-corrected chi connectivity index (χ0v) is 6.01. The van der Waals surface area contributed by atoms with Crippen LogP contribution in [0.4, 0.5) is 0 Å². The first-order valence-corrected chi connectivity index (χ1v) is 4.04. The molecule has 0 aromatic rings. The zero-order valence-electron chi connectivity index (χ0n) is 6.01. The molecule has 0 bridgehead atoms. The van der Waals surface area contributed by atoms with Gasteiger partial charge in [-0.2, -0.15) is 0 Å². The second-order valence-electron chi connectivity index (χ2n) is 3.79. The highest BCUT2D eigenvalue weighted by Gasteiger charge is 2.44. The smallest absolute Gasteiger partial charge is 0.00750 e. The highest BCUT2D eigenvalue weighted by molar-refractivity contribution is 4.98. The van der Waals surface area contributed by atoms with Crippen molar-refractivity contribution in [3.63, 3.8) is 0 Å². The lowest BCUT2D eigenvalue weighted by Crippen LogP contribution is -2.47. The maximum Gasteiger partial charge on any atom is 0.00750 e. The topological polar surface area (TPSA) is 26.0 Å². The molecule has 2 aliphatic carbocycles. The van der Waals surface area contributed by atoms with Crippen LogP contribution in [0.1, 0.15) is 26.2 Å². The Morgan fingerprint density at radius 1 is 1.33 bits per heavy atom. The van der Waals surface area contributed by atoms with Gasteiger partial charge in [0.05, 0.1) is 0 Å². The van der Waals surface area contributed by atoms with Gasteiger partial charge in [-0.05, 0) is 37.0 Å². The molecule has 1 nitrogen and oxygen atoms in total. The van der Waals surface area contributed by atoms with Gasteiger partial charge in [0, 0.05) is 6.04 Å². The standard InChI is InChI=1S/C8H15N/c1-5-4-7(9)8(5)6-2-3-6/h5-8H,2-4,9H2,1H3. The molecule has 2 N–H and O–H groups in total. The monoisotopic (exact) mass is 125 g/mol. The Labute approximate surface area is 56.6 Å². The van der Waals surface area contributed by atoms with Crippen molar-refractivity contribution in [2.24, 2.45) is 23.5 Å². The van der Waals surface area contributed by atoms with Crippen molar-refractivity contribution in [2.45, 2.75) is 32.2 Å². The molecule has 0 amide bonds. The van der Waals surface area contributed by atoms with Crippen LogP contribution in [0.3, 0.4) is 0 Å². The SMILES string of the molecule is CC1CC(N)C1C1CC1. The molecule has 0 spiro atoms. The third-order valence-electron chi connectivity index (χ3n) is 2.96. The second-order valence-corrected chi connectivity index (χ2v) is 3.79. The summed E-state index contributed by atoms with van der Waals surface area (Å²) in [7, 11) is 0. The first kappa shape index (κ1) is 5.72. The summed E-state index contributed by atoms with van der Waals surface area (Å²) in [5.41, 5.74) is 5.85. The third kappa shape index (κ3) is 0.787. The van der Waals surface area contributed by atoms with Crippen LogP contribution < -0.4 is 5.73 Å². The van der Waals surface area contributed by atoms with Crippen LogP contribution in [-0.4, -0.2) is 6.04 Å². The molecule has 0 aromatic heterocycles. The van der Waals surface area contributed by atoms with Gasteiger partial charge in [-0.15, -0.1) is 0 Å². The van der Waals surface area contributed by atoms with Gasteiger partial charge < -0.3 is 5.73 Å². The van der Waals surface area contributed by atoms with Crippen molar-refractivity contribution >= 4 is 0 Å². The fourth-order valence-electron chi connectivity index (χ4n) is 2.27. The Kier molecular flexibility index (Phi) is 1.10. The van der Waals surface area contributed by atoms with E-state index in [1.807, 2.05) is 0 Å². The first-order chi connectivity index (χ1) is 4.29. The average Bonchev–Trinajstić information content (AvgIpc) is 2.49. The summed E-state index contributed by atoms with van der Waals surface area (Å²) in [5.74, 6) is 2.88. The van der Waals surface area contributed by atoms with Crippen molar-refractivity contribution < 1.29 is 0 Å². The van der Waals surface area contributed by atoms with Gasteiger partial charge in [0.15, 0.2) is 0 Å². The Morgan fingerprint density at radius 3 is 2.22 bits per heavy atom. The van der Waals surface area contributed by atoms with Crippen LogP contribution in [0.2, 0.25) is 0 Å². The van der Waals surface area contributed by atoms with Crippen LogP contribution in [0, 0.1) is 17.8 Å². The van der Waals surface area contributed by atoms with Crippen LogP contribution in [0.25, 0.3) is 0 Å². The molecule has 0 radical (unpaired) electrons. The van der Waals surface area contributed by atoms with E-state index < -0.39 is 0 Å². The Bertz CT molecular complexity index is 107. The third-order valence-corrected chi connectivity index (χ3v) is 2.96. The molecular weight excluding hydrogens is 110 g/mol. The fourth-order valence-corrected chi connectivity index (χ4v) is 2.27. The molecule has 3 atom stereocenters. The zero-order chi connectivity index (χ0) is 6.43. The van der Waals surface area contributed by atoms with Gasteiger partial charge >= 0.3 is 0 Å². The lowest BCUT2D eigenvalue weighted by Gasteiger charge is -2.41. The number of nitrogens with two attached hydrogens (primary N) is 1. The predicted octanol–water partition coefficient (Wildman–Crippen LogP) is 1.38. The van der Waals surface area contributed by atoms with Crippen LogP contribution in [0.5, 0.6) is 0 Å². The molecule has 2 rings (SSSR count). The molecule has 1 heteroatoms. The van der Waals surface area contributed by atoms with Gasteiger partial charge in [-0.3, -0.25) is 0 Å². The van der Waals surface area contributed by atoms with E-state index in [1.165, 1.54) is 19.3 Å². The maximum absolute atomic E-state index is 5.85. The molecule has 0 aliphatic heterocycles. The minimum Gasteiger partial charge on any atom is -0.327 e. The van der Waals surface area contributed by atoms with E-state index in [-0.39, 0.29) is 0 Å². The van der Waals surface area contributed by atoms with Crippen molar-refractivity contribution in [1.29, 1.82) is 0 Å². The average molecular weight is 125 g/mol. The van der Waals surface area contributed by atoms with Crippen molar-refractivity contribution in [2.75, 3.05) is 0 Å². The molecule has 52 valence electrons. The largest absolute Gasteiger partial charge is 0.327 e. The molecule has 0 saturated heterocycles. The fraction of sp³-hybridized carbons (Fsp3) is 1.00. The predicted molar refractivity (Wildman–Crippen MR) is 38.0 cm³/mol. The lowest BCUT2D eigenvalue weighted by atomic mass is 9.68. The van der Waals surface area contributed by atoms with Crippen LogP contribution >= 0.6 is 0 Å². The molecular formula is C8H15N. The van der Waals surface area contributed by atoms with Gasteiger partial charge in [0.25, 0.3) is 0 Å².